The van der Waals surface area contributed by atoms with Crippen LogP contribution in [0.15, 0.2) is 48.5 Å². The number of benzene rings is 2. The van der Waals surface area contributed by atoms with Crippen molar-refractivity contribution in [1.82, 2.24) is 0 Å². The van der Waals surface area contributed by atoms with Crippen LogP contribution in [0.4, 0.5) is 0 Å². The molecule has 0 fully saturated rings. The summed E-state index contributed by atoms with van der Waals surface area (Å²) in [5.74, 6) is 0. The Hall–Kier alpha value is -1.28. The van der Waals surface area contributed by atoms with Crippen molar-refractivity contribution >= 4 is 35.4 Å². The Bertz CT molecular complexity index is 474. The molecule has 0 aliphatic heterocycles. The van der Waals surface area contributed by atoms with Crippen molar-refractivity contribution in [2.24, 2.45) is 0 Å². The standard InChI is InChI=1S/C14H10Cl2.H2O/c15-13-7-3-1-5-11(13)9-10-12-6-2-4-8-14(12)16;/h1-10H;1H2/b10-9+;. The minimum absolute atomic E-state index is 0. The van der Waals surface area contributed by atoms with Gasteiger partial charge in [-0.3, -0.25) is 0 Å². The first-order valence-electron chi connectivity index (χ1n) is 4.94. The van der Waals surface area contributed by atoms with E-state index < -0.39 is 0 Å². The molecule has 0 saturated heterocycles. The van der Waals surface area contributed by atoms with Crippen LogP contribution >= 0.6 is 23.2 Å². The highest BCUT2D eigenvalue weighted by atomic mass is 35.5. The first-order valence-corrected chi connectivity index (χ1v) is 5.70. The van der Waals surface area contributed by atoms with Gasteiger partial charge in [-0.15, -0.1) is 0 Å². The van der Waals surface area contributed by atoms with Gasteiger partial charge < -0.3 is 5.48 Å². The fourth-order valence-corrected chi connectivity index (χ4v) is 1.80. The van der Waals surface area contributed by atoms with Crippen LogP contribution in [-0.2, 0) is 0 Å². The van der Waals surface area contributed by atoms with Crippen molar-refractivity contribution in [1.29, 1.82) is 0 Å². The molecule has 0 heterocycles. The summed E-state index contributed by atoms with van der Waals surface area (Å²) < 4.78 is 0. The van der Waals surface area contributed by atoms with E-state index in [9.17, 15) is 0 Å². The molecule has 0 spiro atoms. The van der Waals surface area contributed by atoms with E-state index in [1.54, 1.807) is 0 Å². The first-order chi connectivity index (χ1) is 7.77. The monoisotopic (exact) mass is 266 g/mol. The summed E-state index contributed by atoms with van der Waals surface area (Å²) in [6.45, 7) is 0. The molecular formula is C14H12Cl2O. The number of hydrogen-bond acceptors (Lipinski definition) is 0. The molecule has 88 valence electrons. The average Bonchev–Trinajstić information content (AvgIpc) is 2.30. The molecule has 2 rings (SSSR count). The van der Waals surface area contributed by atoms with Crippen molar-refractivity contribution in [2.45, 2.75) is 0 Å². The summed E-state index contributed by atoms with van der Waals surface area (Å²) in [6.07, 6.45) is 3.92. The molecule has 17 heavy (non-hydrogen) atoms. The molecule has 0 aliphatic carbocycles. The van der Waals surface area contributed by atoms with Crippen LogP contribution in [0.3, 0.4) is 0 Å². The van der Waals surface area contributed by atoms with Gasteiger partial charge in [-0.1, -0.05) is 71.8 Å². The number of rotatable bonds is 2. The minimum atomic E-state index is 0. The molecule has 3 heteroatoms. The number of hydrogen-bond donors (Lipinski definition) is 0. The van der Waals surface area contributed by atoms with E-state index >= 15 is 0 Å². The lowest BCUT2D eigenvalue weighted by Gasteiger charge is -1.98. The Kier molecular flexibility index (Phi) is 5.23. The topological polar surface area (TPSA) is 31.5 Å². The van der Waals surface area contributed by atoms with Gasteiger partial charge >= 0.3 is 0 Å². The summed E-state index contributed by atoms with van der Waals surface area (Å²) >= 11 is 12.1. The second-order valence-corrected chi connectivity index (χ2v) is 4.19. The van der Waals surface area contributed by atoms with E-state index in [0.29, 0.717) is 0 Å². The van der Waals surface area contributed by atoms with Crippen LogP contribution in [0.2, 0.25) is 10.0 Å². The summed E-state index contributed by atoms with van der Waals surface area (Å²) in [5.41, 5.74) is 1.98. The quantitative estimate of drug-likeness (QED) is 0.725. The van der Waals surface area contributed by atoms with E-state index in [4.69, 9.17) is 23.2 Å². The summed E-state index contributed by atoms with van der Waals surface area (Å²) in [4.78, 5) is 0. The van der Waals surface area contributed by atoms with Gasteiger partial charge in [-0.05, 0) is 23.3 Å². The molecule has 1 nitrogen and oxygen atoms in total. The van der Waals surface area contributed by atoms with Gasteiger partial charge in [-0.25, -0.2) is 0 Å². The van der Waals surface area contributed by atoms with Crippen molar-refractivity contribution in [3.63, 3.8) is 0 Å². The van der Waals surface area contributed by atoms with Crippen LogP contribution in [0, 0.1) is 0 Å². The molecular weight excluding hydrogens is 255 g/mol. The third kappa shape index (κ3) is 3.60. The van der Waals surface area contributed by atoms with E-state index in [1.165, 1.54) is 0 Å². The Morgan fingerprint density at radius 1 is 0.647 bits per heavy atom. The number of halogens is 2. The highest BCUT2D eigenvalue weighted by Crippen LogP contribution is 2.21. The van der Waals surface area contributed by atoms with E-state index in [1.807, 2.05) is 60.7 Å². The average molecular weight is 267 g/mol. The van der Waals surface area contributed by atoms with Gasteiger partial charge in [0.15, 0.2) is 0 Å². The van der Waals surface area contributed by atoms with Gasteiger partial charge in [0.2, 0.25) is 0 Å². The fraction of sp³-hybridized carbons (Fsp3) is 0. The van der Waals surface area contributed by atoms with Crippen molar-refractivity contribution in [3.8, 4) is 0 Å². The van der Waals surface area contributed by atoms with Crippen molar-refractivity contribution < 1.29 is 5.48 Å². The molecule has 2 N–H and O–H groups in total. The molecule has 0 atom stereocenters. The van der Waals surface area contributed by atoms with Crippen molar-refractivity contribution in [2.75, 3.05) is 0 Å². The van der Waals surface area contributed by atoms with Gasteiger partial charge in [0, 0.05) is 10.0 Å². The maximum atomic E-state index is 6.05. The van der Waals surface area contributed by atoms with Crippen LogP contribution in [-0.4, -0.2) is 5.48 Å². The summed E-state index contributed by atoms with van der Waals surface area (Å²) in [7, 11) is 0. The third-order valence-corrected chi connectivity index (χ3v) is 2.94. The predicted octanol–water partition coefficient (Wildman–Crippen LogP) is 4.34. The Labute approximate surface area is 111 Å². The van der Waals surface area contributed by atoms with Crippen LogP contribution < -0.4 is 0 Å². The van der Waals surface area contributed by atoms with Gasteiger partial charge in [0.1, 0.15) is 0 Å². The SMILES string of the molecule is Clc1ccccc1/C=C/c1ccccc1Cl.O. The normalized spacial score (nSPS) is 10.2. The lowest BCUT2D eigenvalue weighted by Crippen LogP contribution is -1.75. The second-order valence-electron chi connectivity index (χ2n) is 3.38. The van der Waals surface area contributed by atoms with E-state index in [2.05, 4.69) is 0 Å². The largest absolute Gasteiger partial charge is 0.412 e. The third-order valence-electron chi connectivity index (χ3n) is 2.25. The molecule has 2 aromatic carbocycles. The zero-order chi connectivity index (χ0) is 11.4. The summed E-state index contributed by atoms with van der Waals surface area (Å²) in [6, 6.07) is 15.4. The lowest BCUT2D eigenvalue weighted by molar-refractivity contribution is 0.824. The molecule has 0 saturated carbocycles. The van der Waals surface area contributed by atoms with Gasteiger partial charge in [0.05, 0.1) is 0 Å². The van der Waals surface area contributed by atoms with Crippen molar-refractivity contribution in [3.05, 3.63) is 69.7 Å². The van der Waals surface area contributed by atoms with Crippen LogP contribution in [0.1, 0.15) is 11.1 Å². The second kappa shape index (κ2) is 6.45. The zero-order valence-corrected chi connectivity index (χ0v) is 10.5. The van der Waals surface area contributed by atoms with Crippen LogP contribution in [0.5, 0.6) is 0 Å². The first kappa shape index (κ1) is 13.8. The zero-order valence-electron chi connectivity index (χ0n) is 9.03. The minimum Gasteiger partial charge on any atom is -0.412 e. The van der Waals surface area contributed by atoms with E-state index in [-0.39, 0.29) is 5.48 Å². The maximum absolute atomic E-state index is 6.05. The van der Waals surface area contributed by atoms with Gasteiger partial charge in [-0.2, -0.15) is 0 Å². The molecule has 0 aliphatic rings. The molecule has 0 bridgehead atoms. The molecule has 2 aromatic rings. The Balaban J connectivity index is 0.00000144. The predicted molar refractivity (Wildman–Crippen MR) is 75.4 cm³/mol. The highest BCUT2D eigenvalue weighted by molar-refractivity contribution is 6.33. The molecule has 0 radical (unpaired) electrons. The summed E-state index contributed by atoms with van der Waals surface area (Å²) in [5, 5.41) is 1.48. The fourth-order valence-electron chi connectivity index (χ4n) is 1.40. The Morgan fingerprint density at radius 2 is 1.00 bits per heavy atom. The molecule has 0 unspecified atom stereocenters. The lowest BCUT2D eigenvalue weighted by atomic mass is 10.1. The molecule has 0 aromatic heterocycles. The maximum Gasteiger partial charge on any atom is 0.0478 e. The molecule has 0 amide bonds. The Morgan fingerprint density at radius 3 is 1.35 bits per heavy atom. The smallest absolute Gasteiger partial charge is 0.0478 e. The van der Waals surface area contributed by atoms with Crippen LogP contribution in [0.25, 0.3) is 12.2 Å². The van der Waals surface area contributed by atoms with E-state index in [0.717, 1.165) is 21.2 Å². The van der Waals surface area contributed by atoms with Gasteiger partial charge in [0.25, 0.3) is 0 Å². The highest BCUT2D eigenvalue weighted by Gasteiger charge is 1.95.